The number of nitrogen functional groups attached to an aromatic ring is 1. The van der Waals surface area contributed by atoms with Crippen LogP contribution in [-0.2, 0) is 28.0 Å². The van der Waals surface area contributed by atoms with Crippen molar-refractivity contribution in [1.29, 1.82) is 0 Å². The van der Waals surface area contributed by atoms with Gasteiger partial charge in [0, 0.05) is 17.4 Å². The van der Waals surface area contributed by atoms with Gasteiger partial charge >= 0.3 is 5.97 Å². The summed E-state index contributed by atoms with van der Waals surface area (Å²) < 4.78 is 16.1. The Hall–Kier alpha value is -5.12. The van der Waals surface area contributed by atoms with Crippen molar-refractivity contribution in [3.8, 4) is 11.5 Å². The van der Waals surface area contributed by atoms with Crippen LogP contribution in [0.25, 0.3) is 22.4 Å². The van der Waals surface area contributed by atoms with E-state index in [-0.39, 0.29) is 36.3 Å². The van der Waals surface area contributed by atoms with E-state index in [1.54, 1.807) is 35.9 Å². The summed E-state index contributed by atoms with van der Waals surface area (Å²) in [7, 11) is 0. The van der Waals surface area contributed by atoms with E-state index < -0.39 is 11.4 Å². The fourth-order valence-electron chi connectivity index (χ4n) is 5.28. The first-order valence-corrected chi connectivity index (χ1v) is 12.8. The third-order valence-electron chi connectivity index (χ3n) is 7.40. The highest BCUT2D eigenvalue weighted by molar-refractivity contribution is 6.09. The lowest BCUT2D eigenvalue weighted by atomic mass is 9.77. The van der Waals surface area contributed by atoms with Crippen LogP contribution in [0.4, 0.5) is 16.0 Å². The Morgan fingerprint density at radius 3 is 2.65 bits per heavy atom. The second kappa shape index (κ2) is 9.57. The van der Waals surface area contributed by atoms with E-state index in [0.29, 0.717) is 34.6 Å². The number of hydrogen-bond acceptors (Lipinski definition) is 6. The molecule has 1 amide bonds. The summed E-state index contributed by atoms with van der Waals surface area (Å²) in [5, 5.41) is 17.4. The molecule has 6 rings (SSSR count). The minimum absolute atomic E-state index is 0.0188. The molecule has 1 aliphatic rings. The van der Waals surface area contributed by atoms with E-state index >= 15 is 0 Å². The van der Waals surface area contributed by atoms with Crippen LogP contribution >= 0.6 is 0 Å². The number of benzene rings is 3. The summed E-state index contributed by atoms with van der Waals surface area (Å²) >= 11 is 0. The summed E-state index contributed by atoms with van der Waals surface area (Å²) in [5.74, 6) is -0.876. The zero-order valence-corrected chi connectivity index (χ0v) is 21.6. The number of halogens is 1. The molecule has 4 N–H and O–H groups in total. The lowest BCUT2D eigenvalue weighted by Gasteiger charge is -2.24. The predicted octanol–water partition coefficient (Wildman–Crippen LogP) is 4.54. The van der Waals surface area contributed by atoms with Gasteiger partial charge in [-0.2, -0.15) is 5.10 Å². The summed E-state index contributed by atoms with van der Waals surface area (Å²) in [6.45, 7) is 1.96. The zero-order chi connectivity index (χ0) is 28.0. The normalized spacial score (nSPS) is 16.2. The van der Waals surface area contributed by atoms with Gasteiger partial charge in [0.15, 0.2) is 5.82 Å². The number of carbonyl (C=O) groups excluding carboxylic acids is 1. The van der Waals surface area contributed by atoms with Gasteiger partial charge in [0.25, 0.3) is 0 Å². The summed E-state index contributed by atoms with van der Waals surface area (Å²) in [4.78, 5) is 33.7. The molecule has 0 unspecified atom stereocenters. The molecule has 200 valence electrons. The van der Waals surface area contributed by atoms with E-state index in [9.17, 15) is 14.0 Å². The van der Waals surface area contributed by atoms with Crippen LogP contribution in [0.1, 0.15) is 35.6 Å². The van der Waals surface area contributed by atoms with Crippen LogP contribution in [0.15, 0.2) is 72.8 Å². The smallest absolute Gasteiger partial charge is 0.303 e. The standard InChI is InChI=1S/C30H25FN6O3/c1-30(19-9-6-7-17(15-19)13-14-23(38)39)24-26(32)33-28(34-27(24)35-29(30)40)25-20-10-3-5-12-22(20)37(36-25)16-18-8-2-4-11-21(18)31/h2-12,15H,13-14,16H2,1H3,(H,38,39)(H3,32,33,34,35,40)/t30-/m1/s1. The first-order chi connectivity index (χ1) is 19.3. The van der Waals surface area contributed by atoms with Gasteiger partial charge in [0.05, 0.1) is 17.6 Å². The van der Waals surface area contributed by atoms with Crippen molar-refractivity contribution >= 4 is 34.4 Å². The highest BCUT2D eigenvalue weighted by Crippen LogP contribution is 2.45. The summed E-state index contributed by atoms with van der Waals surface area (Å²) in [5.41, 5.74) is 8.97. The number of hydrogen-bond donors (Lipinski definition) is 3. The van der Waals surface area contributed by atoms with Crippen LogP contribution in [0.5, 0.6) is 0 Å². The number of carboxylic acid groups (broad SMARTS) is 1. The third-order valence-corrected chi connectivity index (χ3v) is 7.40. The maximum atomic E-state index is 14.4. The fourth-order valence-corrected chi connectivity index (χ4v) is 5.28. The monoisotopic (exact) mass is 536 g/mol. The quantitative estimate of drug-likeness (QED) is 0.278. The van der Waals surface area contributed by atoms with Crippen LogP contribution in [0, 0.1) is 5.82 Å². The van der Waals surface area contributed by atoms with Gasteiger partial charge in [0.1, 0.15) is 28.6 Å². The molecule has 9 nitrogen and oxygen atoms in total. The van der Waals surface area contributed by atoms with Gasteiger partial charge < -0.3 is 16.2 Å². The Kier molecular flexibility index (Phi) is 6.02. The van der Waals surface area contributed by atoms with Crippen molar-refractivity contribution in [2.75, 3.05) is 11.1 Å². The first-order valence-electron chi connectivity index (χ1n) is 12.8. The highest BCUT2D eigenvalue weighted by Gasteiger charge is 2.47. The highest BCUT2D eigenvalue weighted by atomic mass is 19.1. The van der Waals surface area contributed by atoms with Gasteiger partial charge in [0.2, 0.25) is 5.91 Å². The van der Waals surface area contributed by atoms with Crippen molar-refractivity contribution in [2.24, 2.45) is 0 Å². The lowest BCUT2D eigenvalue weighted by molar-refractivity contribution is -0.137. The Morgan fingerprint density at radius 1 is 1.07 bits per heavy atom. The van der Waals surface area contributed by atoms with Gasteiger partial charge in [-0.15, -0.1) is 0 Å². The first kappa shape index (κ1) is 25.2. The second-order valence-corrected chi connectivity index (χ2v) is 9.94. The largest absolute Gasteiger partial charge is 0.481 e. The van der Waals surface area contributed by atoms with E-state index in [2.05, 4.69) is 15.3 Å². The molecule has 0 saturated carbocycles. The maximum Gasteiger partial charge on any atom is 0.303 e. The molecule has 1 atom stereocenters. The molecular weight excluding hydrogens is 511 g/mol. The number of nitrogens with one attached hydrogen (secondary N) is 1. The lowest BCUT2D eigenvalue weighted by Crippen LogP contribution is -2.33. The van der Waals surface area contributed by atoms with Crippen LogP contribution < -0.4 is 11.1 Å². The average Bonchev–Trinajstić information content (AvgIpc) is 3.44. The van der Waals surface area contributed by atoms with E-state index in [0.717, 1.165) is 16.5 Å². The molecule has 2 aromatic heterocycles. The molecule has 0 fully saturated rings. The average molecular weight is 537 g/mol. The molecule has 0 aliphatic carbocycles. The Balaban J connectivity index is 1.43. The molecule has 3 heterocycles. The second-order valence-electron chi connectivity index (χ2n) is 9.94. The number of aliphatic carboxylic acids is 1. The van der Waals surface area contributed by atoms with Crippen LogP contribution in [0.2, 0.25) is 0 Å². The molecule has 0 saturated heterocycles. The number of anilines is 2. The number of nitrogens with two attached hydrogens (primary N) is 1. The Morgan fingerprint density at radius 2 is 1.85 bits per heavy atom. The number of aryl methyl sites for hydroxylation is 1. The maximum absolute atomic E-state index is 14.4. The molecule has 40 heavy (non-hydrogen) atoms. The fraction of sp³-hybridized carbons (Fsp3) is 0.167. The molecule has 0 bridgehead atoms. The van der Waals surface area contributed by atoms with Crippen molar-refractivity contribution in [1.82, 2.24) is 19.7 Å². The molecular formula is C30H25FN6O3. The van der Waals surface area contributed by atoms with E-state index in [4.69, 9.17) is 15.9 Å². The van der Waals surface area contributed by atoms with Crippen molar-refractivity contribution in [3.05, 3.63) is 101 Å². The number of amides is 1. The number of carboxylic acids is 1. The Bertz CT molecular complexity index is 1820. The molecule has 5 aromatic rings. The molecule has 1 aliphatic heterocycles. The van der Waals surface area contributed by atoms with Gasteiger partial charge in [-0.1, -0.05) is 60.7 Å². The summed E-state index contributed by atoms with van der Waals surface area (Å²) in [6.07, 6.45) is 0.316. The predicted molar refractivity (Wildman–Crippen MR) is 148 cm³/mol. The van der Waals surface area contributed by atoms with Gasteiger partial charge in [-0.3, -0.25) is 14.3 Å². The number of nitrogens with zero attached hydrogens (tertiary/aromatic N) is 4. The number of para-hydroxylation sites is 1. The SMILES string of the molecule is C[C@]1(c2cccc(CCC(=O)O)c2)C(=O)Nc2nc(-c3nn(Cc4ccccc4F)c4ccccc34)nc(N)c21. The van der Waals surface area contributed by atoms with Crippen LogP contribution in [-0.4, -0.2) is 36.7 Å². The van der Waals surface area contributed by atoms with Gasteiger partial charge in [-0.25, -0.2) is 14.4 Å². The molecule has 0 spiro atoms. The van der Waals surface area contributed by atoms with E-state index in [1.807, 2.05) is 42.5 Å². The third kappa shape index (κ3) is 4.14. The van der Waals surface area contributed by atoms with Crippen LogP contribution in [0.3, 0.4) is 0 Å². The number of carbonyl (C=O) groups is 2. The number of fused-ring (bicyclic) bond motifs is 2. The number of rotatable bonds is 7. The zero-order valence-electron chi connectivity index (χ0n) is 21.6. The molecule has 0 radical (unpaired) electrons. The molecule has 10 heteroatoms. The van der Waals surface area contributed by atoms with Gasteiger partial charge in [-0.05, 0) is 36.6 Å². The summed E-state index contributed by atoms with van der Waals surface area (Å²) in [6, 6.07) is 21.3. The minimum Gasteiger partial charge on any atom is -0.481 e. The van der Waals surface area contributed by atoms with Crippen molar-refractivity contribution in [2.45, 2.75) is 31.7 Å². The topological polar surface area (TPSA) is 136 Å². The van der Waals surface area contributed by atoms with E-state index in [1.165, 1.54) is 6.07 Å². The van der Waals surface area contributed by atoms with Crippen molar-refractivity contribution in [3.63, 3.8) is 0 Å². The van der Waals surface area contributed by atoms with Crippen molar-refractivity contribution < 1.29 is 19.1 Å². The minimum atomic E-state index is -1.18. The number of aromatic nitrogens is 4. The molecule has 3 aromatic carbocycles. The Labute approximate surface area is 228 Å².